The molecule has 1 aromatic heterocycles. The molecule has 3 rings (SSSR count). The second kappa shape index (κ2) is 8.14. The van der Waals surface area contributed by atoms with E-state index in [0.717, 1.165) is 18.5 Å². The van der Waals surface area contributed by atoms with E-state index >= 15 is 0 Å². The van der Waals surface area contributed by atoms with Crippen molar-refractivity contribution in [3.63, 3.8) is 0 Å². The van der Waals surface area contributed by atoms with Crippen LogP contribution >= 0.6 is 0 Å². The zero-order chi connectivity index (χ0) is 18.6. The van der Waals surface area contributed by atoms with E-state index in [-0.39, 0.29) is 29.7 Å². The van der Waals surface area contributed by atoms with Gasteiger partial charge in [-0.2, -0.15) is 0 Å². The zero-order valence-electron chi connectivity index (χ0n) is 15.6. The Labute approximate surface area is 154 Å². The number of nitrogens with one attached hydrogen (secondary N) is 1. The van der Waals surface area contributed by atoms with Crippen molar-refractivity contribution in [1.82, 2.24) is 20.1 Å². The molecule has 0 radical (unpaired) electrons. The van der Waals surface area contributed by atoms with Gasteiger partial charge in [-0.3, -0.25) is 14.6 Å². The summed E-state index contributed by atoms with van der Waals surface area (Å²) in [7, 11) is 4.09. The van der Waals surface area contributed by atoms with E-state index in [4.69, 9.17) is 4.74 Å². The van der Waals surface area contributed by atoms with Crippen molar-refractivity contribution in [3.05, 3.63) is 30.1 Å². The number of carbonyl (C=O) groups excluding carboxylic acids is 2. The highest BCUT2D eigenvalue weighted by molar-refractivity contribution is 5.89. The maximum atomic E-state index is 12.6. The van der Waals surface area contributed by atoms with Gasteiger partial charge in [0.25, 0.3) is 0 Å². The van der Waals surface area contributed by atoms with E-state index in [9.17, 15) is 9.59 Å². The molecule has 7 heteroatoms. The summed E-state index contributed by atoms with van der Waals surface area (Å²) in [4.78, 5) is 33.1. The molecule has 142 valence electrons. The maximum absolute atomic E-state index is 12.6. The predicted octanol–water partition coefficient (Wildman–Crippen LogP) is 0.657. The number of hydrogen-bond acceptors (Lipinski definition) is 5. The average Bonchev–Trinajstić information content (AvgIpc) is 3.02. The smallest absolute Gasteiger partial charge is 0.225 e. The monoisotopic (exact) mass is 360 g/mol. The highest BCUT2D eigenvalue weighted by atomic mass is 16.5. The summed E-state index contributed by atoms with van der Waals surface area (Å²) in [5.41, 5.74) is 0.778. The number of likely N-dealkylation sites (N-methyl/N-ethyl adjacent to an activating group) is 1. The first-order valence-electron chi connectivity index (χ1n) is 9.21. The molecule has 2 aliphatic heterocycles. The number of ether oxygens (including phenoxy) is 1. The Bertz CT molecular complexity index is 629. The molecule has 0 bridgehead atoms. The van der Waals surface area contributed by atoms with Gasteiger partial charge in [0.15, 0.2) is 0 Å². The Morgan fingerprint density at radius 1 is 1.38 bits per heavy atom. The zero-order valence-corrected chi connectivity index (χ0v) is 15.6. The molecule has 7 nitrogen and oxygen atoms in total. The van der Waals surface area contributed by atoms with Crippen molar-refractivity contribution >= 4 is 11.8 Å². The van der Waals surface area contributed by atoms with Crippen molar-refractivity contribution in [1.29, 1.82) is 0 Å². The van der Waals surface area contributed by atoms with Crippen LogP contribution in [0.3, 0.4) is 0 Å². The molecule has 0 unspecified atom stereocenters. The van der Waals surface area contributed by atoms with Crippen molar-refractivity contribution < 1.29 is 14.3 Å². The fourth-order valence-corrected chi connectivity index (χ4v) is 3.72. The molecule has 0 aliphatic carbocycles. The third-order valence-corrected chi connectivity index (χ3v) is 5.63. The Morgan fingerprint density at radius 3 is 2.81 bits per heavy atom. The second-order valence-corrected chi connectivity index (χ2v) is 7.45. The predicted molar refractivity (Wildman–Crippen MR) is 97.2 cm³/mol. The summed E-state index contributed by atoms with van der Waals surface area (Å²) in [5.74, 6) is -0.302. The summed E-state index contributed by atoms with van der Waals surface area (Å²) in [6.45, 7) is 2.94. The normalized spacial score (nSPS) is 22.7. The highest BCUT2D eigenvalue weighted by Crippen LogP contribution is 2.26. The summed E-state index contributed by atoms with van der Waals surface area (Å²) in [5, 5.41) is 3.09. The average molecular weight is 360 g/mol. The Morgan fingerprint density at radius 2 is 2.15 bits per heavy atom. The number of aromatic nitrogens is 1. The quantitative estimate of drug-likeness (QED) is 0.807. The lowest BCUT2D eigenvalue weighted by Crippen LogP contribution is -2.56. The number of nitrogens with zero attached hydrogens (tertiary/aromatic N) is 3. The third kappa shape index (κ3) is 4.22. The minimum atomic E-state index is -0.287. The topological polar surface area (TPSA) is 74.8 Å². The molecule has 0 aromatic carbocycles. The molecule has 0 saturated carbocycles. The van der Waals surface area contributed by atoms with E-state index in [2.05, 4.69) is 15.2 Å². The Kier molecular flexibility index (Phi) is 5.88. The van der Waals surface area contributed by atoms with Crippen molar-refractivity contribution in [2.24, 2.45) is 5.92 Å². The van der Waals surface area contributed by atoms with E-state index in [1.807, 2.05) is 32.3 Å². The molecule has 2 saturated heterocycles. The highest BCUT2D eigenvalue weighted by Gasteiger charge is 2.38. The summed E-state index contributed by atoms with van der Waals surface area (Å²) < 4.78 is 5.47. The number of amides is 2. The molecule has 2 aliphatic rings. The summed E-state index contributed by atoms with van der Waals surface area (Å²) in [6.07, 6.45) is 3.79. The first-order chi connectivity index (χ1) is 12.5. The van der Waals surface area contributed by atoms with Crippen LogP contribution in [-0.4, -0.2) is 72.5 Å². The number of rotatable bonds is 6. The first-order valence-corrected chi connectivity index (χ1v) is 9.21. The van der Waals surface area contributed by atoms with Gasteiger partial charge in [0, 0.05) is 44.5 Å². The maximum Gasteiger partial charge on any atom is 0.225 e. The van der Waals surface area contributed by atoms with E-state index in [1.165, 1.54) is 0 Å². The minimum Gasteiger partial charge on any atom is -0.381 e. The van der Waals surface area contributed by atoms with Crippen molar-refractivity contribution in [2.75, 3.05) is 40.4 Å². The summed E-state index contributed by atoms with van der Waals surface area (Å²) >= 11 is 0. The van der Waals surface area contributed by atoms with Gasteiger partial charge in [0.05, 0.1) is 18.2 Å². The van der Waals surface area contributed by atoms with Gasteiger partial charge in [-0.1, -0.05) is 6.07 Å². The molecule has 0 spiro atoms. The molecule has 2 amide bonds. The molecule has 1 N–H and O–H groups in total. The van der Waals surface area contributed by atoms with Gasteiger partial charge < -0.3 is 19.9 Å². The standard InChI is InChI=1S/C19H28N4O3/c1-22(2)19(6-9-26-10-7-19)14-21-18(25)15-11-17(24)23(12-15)13-16-5-3-4-8-20-16/h3-5,8,15H,6-7,9-14H2,1-2H3,(H,21,25)/t15-/m1/s1. The van der Waals surface area contributed by atoms with Crippen LogP contribution < -0.4 is 5.32 Å². The molecule has 3 heterocycles. The van der Waals surface area contributed by atoms with Gasteiger partial charge in [-0.15, -0.1) is 0 Å². The van der Waals surface area contributed by atoms with Crippen LogP contribution in [0.5, 0.6) is 0 Å². The lowest BCUT2D eigenvalue weighted by Gasteiger charge is -2.43. The lowest BCUT2D eigenvalue weighted by atomic mass is 9.88. The van der Waals surface area contributed by atoms with Crippen LogP contribution in [0.1, 0.15) is 25.0 Å². The van der Waals surface area contributed by atoms with Crippen molar-refractivity contribution in [2.45, 2.75) is 31.3 Å². The fourth-order valence-electron chi connectivity index (χ4n) is 3.72. The number of carbonyl (C=O) groups is 2. The first kappa shape index (κ1) is 18.8. The largest absolute Gasteiger partial charge is 0.381 e. The van der Waals surface area contributed by atoms with Crippen LogP contribution in [0.15, 0.2) is 24.4 Å². The van der Waals surface area contributed by atoms with Gasteiger partial charge in [0.2, 0.25) is 11.8 Å². The van der Waals surface area contributed by atoms with Crippen LogP contribution in [-0.2, 0) is 20.9 Å². The van der Waals surface area contributed by atoms with E-state index < -0.39 is 0 Å². The molecular formula is C19H28N4O3. The van der Waals surface area contributed by atoms with Gasteiger partial charge in [0.1, 0.15) is 0 Å². The van der Waals surface area contributed by atoms with Crippen LogP contribution in [0.2, 0.25) is 0 Å². The number of pyridine rings is 1. The molecular weight excluding hydrogens is 332 g/mol. The van der Waals surface area contributed by atoms with Crippen LogP contribution in [0.25, 0.3) is 0 Å². The van der Waals surface area contributed by atoms with E-state index in [0.29, 0.717) is 32.8 Å². The van der Waals surface area contributed by atoms with Gasteiger partial charge in [-0.25, -0.2) is 0 Å². The third-order valence-electron chi connectivity index (χ3n) is 5.63. The fraction of sp³-hybridized carbons (Fsp3) is 0.632. The number of hydrogen-bond donors (Lipinski definition) is 1. The Balaban J connectivity index is 1.54. The molecule has 26 heavy (non-hydrogen) atoms. The lowest BCUT2D eigenvalue weighted by molar-refractivity contribution is -0.129. The van der Waals surface area contributed by atoms with Crippen LogP contribution in [0.4, 0.5) is 0 Å². The molecule has 1 atom stereocenters. The second-order valence-electron chi connectivity index (χ2n) is 7.45. The SMILES string of the molecule is CN(C)C1(CNC(=O)[C@@H]2CC(=O)N(Cc3ccccn3)C2)CCOCC1. The molecule has 2 fully saturated rings. The summed E-state index contributed by atoms with van der Waals surface area (Å²) in [6, 6.07) is 5.65. The van der Waals surface area contributed by atoms with Gasteiger partial charge in [-0.05, 0) is 39.1 Å². The molecule has 1 aromatic rings. The number of likely N-dealkylation sites (tertiary alicyclic amines) is 1. The van der Waals surface area contributed by atoms with E-state index in [1.54, 1.807) is 11.1 Å². The van der Waals surface area contributed by atoms with Gasteiger partial charge >= 0.3 is 0 Å². The Hall–Kier alpha value is -1.99. The van der Waals surface area contributed by atoms with Crippen LogP contribution in [0, 0.1) is 5.92 Å². The van der Waals surface area contributed by atoms with Crippen molar-refractivity contribution in [3.8, 4) is 0 Å². The minimum absolute atomic E-state index is 0.0178.